The predicted molar refractivity (Wildman–Crippen MR) is 60.7 cm³/mol. The molecule has 0 bridgehead atoms. The molecule has 1 N–H and O–H groups in total. The Balaban J connectivity index is 1.74. The van der Waals surface area contributed by atoms with Gasteiger partial charge in [0.05, 0.1) is 0 Å². The predicted octanol–water partition coefficient (Wildman–Crippen LogP) is 2.23. The van der Waals surface area contributed by atoms with Gasteiger partial charge in [0.15, 0.2) is 0 Å². The molecule has 1 atom stereocenters. The number of carbonyl (C=O) groups excluding carboxylic acids is 1. The van der Waals surface area contributed by atoms with Crippen LogP contribution in [0.2, 0.25) is 0 Å². The molecule has 0 aromatic carbocycles. The molecule has 0 spiro atoms. The average Bonchev–Trinajstić information content (AvgIpc) is 2.94. The van der Waals surface area contributed by atoms with Crippen LogP contribution in [-0.4, -0.2) is 30.6 Å². The van der Waals surface area contributed by atoms with E-state index in [-0.39, 0.29) is 6.03 Å². The molecular weight excluding hydrogens is 188 g/mol. The summed E-state index contributed by atoms with van der Waals surface area (Å²) in [6.45, 7) is 7.19. The Kier molecular flexibility index (Phi) is 2.89. The third kappa shape index (κ3) is 2.86. The molecule has 2 amide bonds. The average molecular weight is 210 g/mol. The van der Waals surface area contributed by atoms with Gasteiger partial charge in [0.25, 0.3) is 0 Å². The van der Waals surface area contributed by atoms with Gasteiger partial charge in [-0.05, 0) is 37.0 Å². The molecule has 1 saturated heterocycles. The highest BCUT2D eigenvalue weighted by Gasteiger charge is 2.37. The first kappa shape index (κ1) is 10.8. The third-order valence-electron chi connectivity index (χ3n) is 3.71. The van der Waals surface area contributed by atoms with Crippen molar-refractivity contribution in [3.63, 3.8) is 0 Å². The van der Waals surface area contributed by atoms with E-state index in [2.05, 4.69) is 19.2 Å². The van der Waals surface area contributed by atoms with E-state index in [1.807, 2.05) is 4.90 Å². The van der Waals surface area contributed by atoms with Gasteiger partial charge in [-0.15, -0.1) is 0 Å². The lowest BCUT2D eigenvalue weighted by molar-refractivity contribution is 0.168. The van der Waals surface area contributed by atoms with E-state index in [0.717, 1.165) is 26.1 Å². The second kappa shape index (κ2) is 4.03. The molecule has 2 aliphatic rings. The minimum absolute atomic E-state index is 0.148. The molecule has 3 nitrogen and oxygen atoms in total. The van der Waals surface area contributed by atoms with Crippen LogP contribution in [0.1, 0.15) is 39.5 Å². The number of amides is 2. The summed E-state index contributed by atoms with van der Waals surface area (Å²) in [5, 5.41) is 3.06. The number of likely N-dealkylation sites (tertiary alicyclic amines) is 1. The minimum Gasteiger partial charge on any atom is -0.337 e. The number of nitrogens with zero attached hydrogens (tertiary/aromatic N) is 1. The Bertz CT molecular complexity index is 248. The molecule has 1 aliphatic carbocycles. The number of carbonyl (C=O) groups is 1. The molecule has 0 radical (unpaired) electrons. The van der Waals surface area contributed by atoms with E-state index in [1.165, 1.54) is 19.3 Å². The monoisotopic (exact) mass is 210 g/mol. The van der Waals surface area contributed by atoms with Crippen LogP contribution in [0.4, 0.5) is 4.79 Å². The van der Waals surface area contributed by atoms with E-state index in [9.17, 15) is 4.79 Å². The molecule has 3 heteroatoms. The SMILES string of the molecule is CC1CCCN(C(=O)NCC2(C)CC2)C1. The van der Waals surface area contributed by atoms with Gasteiger partial charge in [-0.25, -0.2) is 4.79 Å². The normalized spacial score (nSPS) is 28.7. The van der Waals surface area contributed by atoms with Crippen LogP contribution in [0.5, 0.6) is 0 Å². The zero-order chi connectivity index (χ0) is 10.9. The maximum Gasteiger partial charge on any atom is 0.317 e. The molecule has 15 heavy (non-hydrogen) atoms. The first-order valence-electron chi connectivity index (χ1n) is 6.12. The molecule has 2 fully saturated rings. The lowest BCUT2D eigenvalue weighted by Crippen LogP contribution is -2.46. The maximum absolute atomic E-state index is 11.8. The van der Waals surface area contributed by atoms with E-state index in [0.29, 0.717) is 11.3 Å². The molecule has 1 unspecified atom stereocenters. The number of rotatable bonds is 2. The van der Waals surface area contributed by atoms with E-state index < -0.39 is 0 Å². The summed E-state index contributed by atoms with van der Waals surface area (Å²) in [5.41, 5.74) is 0.414. The number of piperidine rings is 1. The van der Waals surface area contributed by atoms with Crippen LogP contribution >= 0.6 is 0 Å². The minimum atomic E-state index is 0.148. The summed E-state index contributed by atoms with van der Waals surface area (Å²) in [5.74, 6) is 0.668. The fourth-order valence-electron chi connectivity index (χ4n) is 2.16. The van der Waals surface area contributed by atoms with Crippen molar-refractivity contribution in [1.82, 2.24) is 10.2 Å². The molecule has 1 aliphatic heterocycles. The Labute approximate surface area is 92.2 Å². The lowest BCUT2D eigenvalue weighted by Gasteiger charge is -2.31. The molecule has 86 valence electrons. The van der Waals surface area contributed by atoms with E-state index in [4.69, 9.17) is 0 Å². The second-order valence-corrected chi connectivity index (χ2v) is 5.66. The van der Waals surface area contributed by atoms with Gasteiger partial charge in [0, 0.05) is 19.6 Å². The van der Waals surface area contributed by atoms with Crippen molar-refractivity contribution in [2.24, 2.45) is 11.3 Å². The summed E-state index contributed by atoms with van der Waals surface area (Å²) in [6, 6.07) is 0.148. The first-order chi connectivity index (χ1) is 7.09. The molecule has 0 aromatic rings. The van der Waals surface area contributed by atoms with Crippen molar-refractivity contribution >= 4 is 6.03 Å². The Morgan fingerprint density at radius 2 is 2.27 bits per heavy atom. The molecule has 2 rings (SSSR count). The van der Waals surface area contributed by atoms with Crippen LogP contribution in [0.15, 0.2) is 0 Å². The van der Waals surface area contributed by atoms with Crippen molar-refractivity contribution in [3.05, 3.63) is 0 Å². The zero-order valence-corrected chi connectivity index (χ0v) is 9.88. The molecule has 0 aromatic heterocycles. The zero-order valence-electron chi connectivity index (χ0n) is 9.88. The van der Waals surface area contributed by atoms with Gasteiger partial charge < -0.3 is 10.2 Å². The Hall–Kier alpha value is -0.730. The largest absolute Gasteiger partial charge is 0.337 e. The first-order valence-corrected chi connectivity index (χ1v) is 6.12. The van der Waals surface area contributed by atoms with Gasteiger partial charge in [-0.3, -0.25) is 0 Å². The van der Waals surface area contributed by atoms with Crippen LogP contribution in [0.3, 0.4) is 0 Å². The summed E-state index contributed by atoms with van der Waals surface area (Å²) in [6.07, 6.45) is 4.96. The van der Waals surface area contributed by atoms with Gasteiger partial charge in [-0.2, -0.15) is 0 Å². The quantitative estimate of drug-likeness (QED) is 0.744. The highest BCUT2D eigenvalue weighted by Crippen LogP contribution is 2.44. The van der Waals surface area contributed by atoms with Crippen LogP contribution in [0.25, 0.3) is 0 Å². The maximum atomic E-state index is 11.8. The number of hydrogen-bond donors (Lipinski definition) is 1. The smallest absolute Gasteiger partial charge is 0.317 e. The highest BCUT2D eigenvalue weighted by molar-refractivity contribution is 5.74. The summed E-state index contributed by atoms with van der Waals surface area (Å²) in [4.78, 5) is 13.8. The van der Waals surface area contributed by atoms with Gasteiger partial charge >= 0.3 is 6.03 Å². The van der Waals surface area contributed by atoms with Gasteiger partial charge in [-0.1, -0.05) is 13.8 Å². The van der Waals surface area contributed by atoms with E-state index >= 15 is 0 Å². The summed E-state index contributed by atoms with van der Waals surface area (Å²) < 4.78 is 0. The third-order valence-corrected chi connectivity index (χ3v) is 3.71. The van der Waals surface area contributed by atoms with Crippen LogP contribution in [0, 0.1) is 11.3 Å². The van der Waals surface area contributed by atoms with Crippen molar-refractivity contribution in [2.75, 3.05) is 19.6 Å². The van der Waals surface area contributed by atoms with Crippen LogP contribution in [-0.2, 0) is 0 Å². The van der Waals surface area contributed by atoms with Gasteiger partial charge in [0.2, 0.25) is 0 Å². The summed E-state index contributed by atoms with van der Waals surface area (Å²) >= 11 is 0. The molecular formula is C12H22N2O. The topological polar surface area (TPSA) is 32.3 Å². The van der Waals surface area contributed by atoms with Crippen molar-refractivity contribution in [2.45, 2.75) is 39.5 Å². The number of urea groups is 1. The fourth-order valence-corrected chi connectivity index (χ4v) is 2.16. The van der Waals surface area contributed by atoms with Crippen molar-refractivity contribution < 1.29 is 4.79 Å². The number of hydrogen-bond acceptors (Lipinski definition) is 1. The molecule has 1 saturated carbocycles. The fraction of sp³-hybridized carbons (Fsp3) is 0.917. The lowest BCUT2D eigenvalue weighted by atomic mass is 10.0. The summed E-state index contributed by atoms with van der Waals surface area (Å²) in [7, 11) is 0. The van der Waals surface area contributed by atoms with Gasteiger partial charge in [0.1, 0.15) is 0 Å². The van der Waals surface area contributed by atoms with E-state index in [1.54, 1.807) is 0 Å². The van der Waals surface area contributed by atoms with Crippen molar-refractivity contribution in [1.29, 1.82) is 0 Å². The van der Waals surface area contributed by atoms with Crippen LogP contribution < -0.4 is 5.32 Å². The highest BCUT2D eigenvalue weighted by atomic mass is 16.2. The standard InChI is InChI=1S/C12H22N2O/c1-10-4-3-7-14(8-10)11(15)13-9-12(2)5-6-12/h10H,3-9H2,1-2H3,(H,13,15). The van der Waals surface area contributed by atoms with Crippen molar-refractivity contribution in [3.8, 4) is 0 Å². The Morgan fingerprint density at radius 3 is 2.87 bits per heavy atom. The number of nitrogens with one attached hydrogen (secondary N) is 1. The second-order valence-electron chi connectivity index (χ2n) is 5.66. The Morgan fingerprint density at radius 1 is 1.53 bits per heavy atom. The molecule has 1 heterocycles.